The maximum atomic E-state index is 6.12. The van der Waals surface area contributed by atoms with Crippen LogP contribution < -0.4 is 5.73 Å². The van der Waals surface area contributed by atoms with Crippen molar-refractivity contribution in [3.63, 3.8) is 0 Å². The second-order valence-electron chi connectivity index (χ2n) is 3.77. The molecule has 1 atom stereocenters. The zero-order valence-corrected chi connectivity index (χ0v) is 10.6. The Hall–Kier alpha value is -1.09. The zero-order valence-electron chi connectivity index (χ0n) is 9.11. The van der Waals surface area contributed by atoms with E-state index >= 15 is 0 Å². The highest BCUT2D eigenvalue weighted by molar-refractivity contribution is 6.42. The molecule has 0 aliphatic carbocycles. The Kier molecular flexibility index (Phi) is 4.00. The lowest BCUT2D eigenvalue weighted by molar-refractivity contribution is 0.707. The van der Waals surface area contributed by atoms with E-state index in [1.54, 1.807) is 12.3 Å². The van der Waals surface area contributed by atoms with E-state index in [1.807, 2.05) is 30.3 Å². The van der Waals surface area contributed by atoms with Crippen LogP contribution in [0.2, 0.25) is 10.0 Å². The monoisotopic (exact) mass is 266 g/mol. The molecule has 17 heavy (non-hydrogen) atoms. The molecule has 88 valence electrons. The maximum absolute atomic E-state index is 6.12. The van der Waals surface area contributed by atoms with Crippen LogP contribution in [0.3, 0.4) is 0 Å². The predicted octanol–water partition coefficient (Wildman–Crippen LogP) is 3.63. The second-order valence-corrected chi connectivity index (χ2v) is 4.56. The van der Waals surface area contributed by atoms with Crippen molar-refractivity contribution in [1.29, 1.82) is 0 Å². The predicted molar refractivity (Wildman–Crippen MR) is 71.3 cm³/mol. The van der Waals surface area contributed by atoms with Gasteiger partial charge in [-0.05, 0) is 23.8 Å². The van der Waals surface area contributed by atoms with Gasteiger partial charge in [0.05, 0.1) is 10.0 Å². The average molecular weight is 267 g/mol. The van der Waals surface area contributed by atoms with Gasteiger partial charge in [0.1, 0.15) is 0 Å². The summed E-state index contributed by atoms with van der Waals surface area (Å²) in [7, 11) is 0. The highest BCUT2D eigenvalue weighted by atomic mass is 35.5. The van der Waals surface area contributed by atoms with Crippen LogP contribution in [0.25, 0.3) is 0 Å². The van der Waals surface area contributed by atoms with Gasteiger partial charge in [0.2, 0.25) is 0 Å². The lowest BCUT2D eigenvalue weighted by Gasteiger charge is -2.13. The minimum Gasteiger partial charge on any atom is -0.324 e. The van der Waals surface area contributed by atoms with Crippen molar-refractivity contribution in [3.8, 4) is 0 Å². The molecule has 0 radical (unpaired) electrons. The lowest BCUT2D eigenvalue weighted by Crippen LogP contribution is -2.14. The molecule has 2 aromatic rings. The fourth-order valence-electron chi connectivity index (χ4n) is 1.66. The molecule has 0 amide bonds. The van der Waals surface area contributed by atoms with Gasteiger partial charge in [-0.25, -0.2) is 0 Å². The normalized spacial score (nSPS) is 12.4. The largest absolute Gasteiger partial charge is 0.324 e. The molecule has 4 heteroatoms. The molecule has 1 unspecified atom stereocenters. The van der Waals surface area contributed by atoms with E-state index in [1.165, 1.54) is 0 Å². The first-order valence-corrected chi connectivity index (χ1v) is 6.03. The Morgan fingerprint density at radius 3 is 2.65 bits per heavy atom. The van der Waals surface area contributed by atoms with E-state index in [2.05, 4.69) is 4.98 Å². The summed E-state index contributed by atoms with van der Waals surface area (Å²) >= 11 is 12.1. The highest BCUT2D eigenvalue weighted by Crippen LogP contribution is 2.30. The summed E-state index contributed by atoms with van der Waals surface area (Å²) in [6, 6.07) is 11.1. The van der Waals surface area contributed by atoms with Crippen molar-refractivity contribution in [1.82, 2.24) is 4.98 Å². The van der Waals surface area contributed by atoms with Crippen molar-refractivity contribution in [2.24, 2.45) is 5.73 Å². The quantitative estimate of drug-likeness (QED) is 0.922. The van der Waals surface area contributed by atoms with Gasteiger partial charge in [-0.3, -0.25) is 4.98 Å². The molecule has 1 aromatic heterocycles. The summed E-state index contributed by atoms with van der Waals surface area (Å²) in [5.41, 5.74) is 7.91. The number of pyridine rings is 1. The summed E-state index contributed by atoms with van der Waals surface area (Å²) in [6.45, 7) is 0. The number of halogens is 2. The minimum atomic E-state index is -0.198. The molecule has 2 N–H and O–H groups in total. The van der Waals surface area contributed by atoms with E-state index in [0.717, 1.165) is 11.3 Å². The number of hydrogen-bond acceptors (Lipinski definition) is 2. The maximum Gasteiger partial charge on any atom is 0.0640 e. The number of nitrogens with two attached hydrogens (primary N) is 1. The molecular weight excluding hydrogens is 255 g/mol. The summed E-state index contributed by atoms with van der Waals surface area (Å²) in [5.74, 6) is 0. The molecule has 0 aliphatic rings. The first-order chi connectivity index (χ1) is 8.18. The van der Waals surface area contributed by atoms with Crippen molar-refractivity contribution >= 4 is 23.2 Å². The SMILES string of the molecule is NC(Cc1ccccn1)c1cccc(Cl)c1Cl. The van der Waals surface area contributed by atoms with E-state index in [-0.39, 0.29) is 6.04 Å². The zero-order chi connectivity index (χ0) is 12.3. The topological polar surface area (TPSA) is 38.9 Å². The van der Waals surface area contributed by atoms with E-state index in [9.17, 15) is 0 Å². The summed E-state index contributed by atoms with van der Waals surface area (Å²) in [6.07, 6.45) is 2.39. The van der Waals surface area contributed by atoms with Gasteiger partial charge in [-0.1, -0.05) is 41.4 Å². The smallest absolute Gasteiger partial charge is 0.0640 e. The van der Waals surface area contributed by atoms with Crippen LogP contribution in [-0.4, -0.2) is 4.98 Å². The molecule has 1 heterocycles. The second kappa shape index (κ2) is 5.50. The van der Waals surface area contributed by atoms with Crippen LogP contribution in [-0.2, 0) is 6.42 Å². The molecule has 2 rings (SSSR count). The average Bonchev–Trinajstić information content (AvgIpc) is 2.34. The van der Waals surface area contributed by atoms with Crippen LogP contribution in [0.4, 0.5) is 0 Å². The molecule has 0 saturated heterocycles. The number of hydrogen-bond donors (Lipinski definition) is 1. The molecule has 1 aromatic carbocycles. The third kappa shape index (κ3) is 2.97. The fraction of sp³-hybridized carbons (Fsp3) is 0.154. The Morgan fingerprint density at radius 2 is 1.94 bits per heavy atom. The van der Waals surface area contributed by atoms with Crippen LogP contribution in [0, 0.1) is 0 Å². The number of rotatable bonds is 3. The van der Waals surface area contributed by atoms with Gasteiger partial charge in [-0.15, -0.1) is 0 Å². The molecule has 0 bridgehead atoms. The molecule has 0 fully saturated rings. The van der Waals surface area contributed by atoms with Gasteiger partial charge in [0.15, 0.2) is 0 Å². The molecule has 0 aliphatic heterocycles. The molecular formula is C13H12Cl2N2. The Morgan fingerprint density at radius 1 is 1.12 bits per heavy atom. The van der Waals surface area contributed by atoms with Gasteiger partial charge in [0, 0.05) is 24.4 Å². The molecule has 2 nitrogen and oxygen atoms in total. The first kappa shape index (κ1) is 12.4. The fourth-order valence-corrected chi connectivity index (χ4v) is 2.11. The first-order valence-electron chi connectivity index (χ1n) is 5.28. The van der Waals surface area contributed by atoms with Crippen LogP contribution in [0.15, 0.2) is 42.6 Å². The van der Waals surface area contributed by atoms with Crippen LogP contribution >= 0.6 is 23.2 Å². The molecule has 0 spiro atoms. The Balaban J connectivity index is 2.20. The number of nitrogens with zero attached hydrogens (tertiary/aromatic N) is 1. The summed E-state index contributed by atoms with van der Waals surface area (Å²) in [4.78, 5) is 4.24. The van der Waals surface area contributed by atoms with Crippen molar-refractivity contribution in [2.45, 2.75) is 12.5 Å². The minimum absolute atomic E-state index is 0.198. The van der Waals surface area contributed by atoms with Crippen LogP contribution in [0.1, 0.15) is 17.3 Å². The van der Waals surface area contributed by atoms with Gasteiger partial charge >= 0.3 is 0 Å². The summed E-state index contributed by atoms with van der Waals surface area (Å²) in [5, 5.41) is 1.05. The molecule has 0 saturated carbocycles. The number of benzene rings is 1. The third-order valence-electron chi connectivity index (χ3n) is 2.54. The van der Waals surface area contributed by atoms with E-state index < -0.39 is 0 Å². The standard InChI is InChI=1S/C13H12Cl2N2/c14-11-6-3-5-10(13(11)15)12(16)8-9-4-1-2-7-17-9/h1-7,12H,8,16H2. The Bertz CT molecular complexity index is 500. The lowest BCUT2D eigenvalue weighted by atomic mass is 10.0. The van der Waals surface area contributed by atoms with E-state index in [0.29, 0.717) is 16.5 Å². The van der Waals surface area contributed by atoms with Crippen molar-refractivity contribution in [2.75, 3.05) is 0 Å². The van der Waals surface area contributed by atoms with Gasteiger partial charge in [-0.2, -0.15) is 0 Å². The highest BCUT2D eigenvalue weighted by Gasteiger charge is 2.13. The van der Waals surface area contributed by atoms with Gasteiger partial charge < -0.3 is 5.73 Å². The third-order valence-corrected chi connectivity index (χ3v) is 3.37. The van der Waals surface area contributed by atoms with Crippen molar-refractivity contribution in [3.05, 3.63) is 63.9 Å². The van der Waals surface area contributed by atoms with Gasteiger partial charge in [0.25, 0.3) is 0 Å². The van der Waals surface area contributed by atoms with E-state index in [4.69, 9.17) is 28.9 Å². The van der Waals surface area contributed by atoms with Crippen molar-refractivity contribution < 1.29 is 0 Å². The summed E-state index contributed by atoms with van der Waals surface area (Å²) < 4.78 is 0. The Labute approximate surface area is 110 Å². The number of aromatic nitrogens is 1. The van der Waals surface area contributed by atoms with Crippen LogP contribution in [0.5, 0.6) is 0 Å².